The number of benzene rings is 2. The Hall–Kier alpha value is -3.68. The van der Waals surface area contributed by atoms with Crippen LogP contribution in [0.2, 0.25) is 0 Å². The number of carbonyl (C=O) groups is 4. The zero-order chi connectivity index (χ0) is 22.8. The molecule has 0 aliphatic rings. The third-order valence-corrected chi connectivity index (χ3v) is 4.38. The van der Waals surface area contributed by atoms with E-state index < -0.39 is 36.5 Å². The lowest BCUT2D eigenvalue weighted by Crippen LogP contribution is -2.47. The normalized spacial score (nSPS) is 11.4. The highest BCUT2D eigenvalue weighted by Gasteiger charge is 2.27. The Labute approximate surface area is 181 Å². The molecule has 2 aromatic carbocycles. The summed E-state index contributed by atoms with van der Waals surface area (Å²) < 4.78 is 5.01. The molecule has 4 amide bonds. The first-order chi connectivity index (χ1) is 14.8. The number of esters is 1. The smallest absolute Gasteiger partial charge is 0.329 e. The fourth-order valence-corrected chi connectivity index (χ4v) is 2.72. The van der Waals surface area contributed by atoms with Crippen LogP contribution >= 0.6 is 0 Å². The molecule has 0 bridgehead atoms. The predicted octanol–water partition coefficient (Wildman–Crippen LogP) is 2.32. The molecule has 2 aromatic rings. The van der Waals surface area contributed by atoms with Gasteiger partial charge in [0.2, 0.25) is 0 Å². The lowest BCUT2D eigenvalue weighted by Gasteiger charge is -2.20. The van der Waals surface area contributed by atoms with Gasteiger partial charge in [-0.05, 0) is 30.5 Å². The van der Waals surface area contributed by atoms with Crippen LogP contribution in [-0.4, -0.2) is 36.5 Å². The molecule has 8 nitrogen and oxygen atoms in total. The Morgan fingerprint density at radius 1 is 0.968 bits per heavy atom. The van der Waals surface area contributed by atoms with Crippen molar-refractivity contribution in [1.29, 1.82) is 0 Å². The molecule has 0 aromatic heterocycles. The number of carbonyl (C=O) groups excluding carboxylic acids is 4. The van der Waals surface area contributed by atoms with E-state index >= 15 is 0 Å². The van der Waals surface area contributed by atoms with Gasteiger partial charge in [0.25, 0.3) is 11.8 Å². The van der Waals surface area contributed by atoms with Crippen molar-refractivity contribution < 1.29 is 23.9 Å². The topological polar surface area (TPSA) is 114 Å². The Balaban J connectivity index is 1.81. The van der Waals surface area contributed by atoms with E-state index in [9.17, 15) is 19.2 Å². The summed E-state index contributed by atoms with van der Waals surface area (Å²) in [5.74, 6) is -2.20. The number of rotatable bonds is 8. The molecule has 0 unspecified atom stereocenters. The zero-order valence-electron chi connectivity index (χ0n) is 17.8. The van der Waals surface area contributed by atoms with Crippen LogP contribution in [0.25, 0.3) is 0 Å². The zero-order valence-corrected chi connectivity index (χ0v) is 17.8. The molecule has 8 heteroatoms. The average molecular weight is 425 g/mol. The maximum Gasteiger partial charge on any atom is 0.329 e. The van der Waals surface area contributed by atoms with Crippen LogP contribution in [0.3, 0.4) is 0 Å². The number of hydrogen-bond donors (Lipinski definition) is 3. The number of urea groups is 1. The highest BCUT2D eigenvalue weighted by Crippen LogP contribution is 2.08. The van der Waals surface area contributed by atoms with Crippen molar-refractivity contribution in [2.24, 2.45) is 5.92 Å². The SMILES string of the molecule is Cc1cccc(C(=O)N[C@H](C(=O)OCC(=O)NC(=O)NCc2ccccc2)C(C)C)c1. The molecule has 0 heterocycles. The van der Waals surface area contributed by atoms with Gasteiger partial charge in [-0.3, -0.25) is 14.9 Å². The van der Waals surface area contributed by atoms with Crippen LogP contribution in [0.5, 0.6) is 0 Å². The second-order valence-electron chi connectivity index (χ2n) is 7.39. The van der Waals surface area contributed by atoms with Gasteiger partial charge in [0, 0.05) is 12.1 Å². The summed E-state index contributed by atoms with van der Waals surface area (Å²) in [5, 5.41) is 7.27. The molecule has 0 aliphatic carbocycles. The van der Waals surface area contributed by atoms with Crippen molar-refractivity contribution in [1.82, 2.24) is 16.0 Å². The molecule has 31 heavy (non-hydrogen) atoms. The van der Waals surface area contributed by atoms with Crippen molar-refractivity contribution in [3.05, 3.63) is 71.3 Å². The number of ether oxygens (including phenoxy) is 1. The van der Waals surface area contributed by atoms with Gasteiger partial charge in [-0.25, -0.2) is 9.59 Å². The standard InChI is InChI=1S/C23H27N3O5/c1-15(2)20(26-21(28)18-11-7-8-16(3)12-18)22(29)31-14-19(27)25-23(30)24-13-17-9-5-4-6-10-17/h4-12,15,20H,13-14H2,1-3H3,(H,26,28)(H2,24,25,27,30)/t20-/m0/s1. The molecule has 0 aliphatic heterocycles. The van der Waals surface area contributed by atoms with E-state index in [0.717, 1.165) is 11.1 Å². The van der Waals surface area contributed by atoms with Gasteiger partial charge in [0.05, 0.1) is 0 Å². The average Bonchev–Trinajstić information content (AvgIpc) is 2.74. The van der Waals surface area contributed by atoms with Gasteiger partial charge in [-0.1, -0.05) is 61.9 Å². The Kier molecular flexibility index (Phi) is 8.75. The largest absolute Gasteiger partial charge is 0.454 e. The highest BCUT2D eigenvalue weighted by atomic mass is 16.5. The summed E-state index contributed by atoms with van der Waals surface area (Å²) in [4.78, 5) is 48.5. The van der Waals surface area contributed by atoms with Crippen molar-refractivity contribution in [2.45, 2.75) is 33.4 Å². The van der Waals surface area contributed by atoms with E-state index in [0.29, 0.717) is 5.56 Å². The van der Waals surface area contributed by atoms with Crippen LogP contribution < -0.4 is 16.0 Å². The highest BCUT2D eigenvalue weighted by molar-refractivity contribution is 5.98. The summed E-state index contributed by atoms with van der Waals surface area (Å²) in [6, 6.07) is 14.5. The van der Waals surface area contributed by atoms with E-state index in [1.165, 1.54) is 0 Å². The molecule has 0 saturated carbocycles. The summed E-state index contributed by atoms with van der Waals surface area (Å²) in [6.45, 7) is 4.97. The number of amides is 4. The van der Waals surface area contributed by atoms with E-state index in [-0.39, 0.29) is 12.5 Å². The molecular weight excluding hydrogens is 398 g/mol. The van der Waals surface area contributed by atoms with Crippen molar-refractivity contribution in [2.75, 3.05) is 6.61 Å². The molecule has 2 rings (SSSR count). The number of aryl methyl sites for hydroxylation is 1. The van der Waals surface area contributed by atoms with Crippen LogP contribution in [0.4, 0.5) is 4.79 Å². The minimum atomic E-state index is -0.937. The molecule has 164 valence electrons. The molecule has 0 saturated heterocycles. The molecule has 0 radical (unpaired) electrons. The second-order valence-corrected chi connectivity index (χ2v) is 7.39. The minimum absolute atomic E-state index is 0.250. The van der Waals surface area contributed by atoms with Crippen LogP contribution in [0.15, 0.2) is 54.6 Å². The number of imide groups is 1. The molecular formula is C23H27N3O5. The summed E-state index contributed by atoms with van der Waals surface area (Å²) in [7, 11) is 0. The summed E-state index contributed by atoms with van der Waals surface area (Å²) in [5.41, 5.74) is 2.21. The van der Waals surface area contributed by atoms with Crippen molar-refractivity contribution in [3.63, 3.8) is 0 Å². The number of hydrogen-bond acceptors (Lipinski definition) is 5. The number of nitrogens with one attached hydrogen (secondary N) is 3. The monoisotopic (exact) mass is 425 g/mol. The fourth-order valence-electron chi connectivity index (χ4n) is 2.72. The summed E-state index contributed by atoms with van der Waals surface area (Å²) >= 11 is 0. The van der Waals surface area contributed by atoms with Gasteiger partial charge < -0.3 is 15.4 Å². The van der Waals surface area contributed by atoms with E-state index in [2.05, 4.69) is 16.0 Å². The van der Waals surface area contributed by atoms with Gasteiger partial charge in [0.1, 0.15) is 6.04 Å². The lowest BCUT2D eigenvalue weighted by atomic mass is 10.0. The first-order valence-electron chi connectivity index (χ1n) is 9.92. The van der Waals surface area contributed by atoms with Gasteiger partial charge in [-0.15, -0.1) is 0 Å². The third-order valence-electron chi connectivity index (χ3n) is 4.38. The Bertz CT molecular complexity index is 928. The quantitative estimate of drug-likeness (QED) is 0.562. The first-order valence-corrected chi connectivity index (χ1v) is 9.92. The first kappa shape index (κ1) is 23.6. The molecule has 3 N–H and O–H groups in total. The molecule has 1 atom stereocenters. The minimum Gasteiger partial charge on any atom is -0.454 e. The third kappa shape index (κ3) is 7.93. The van der Waals surface area contributed by atoms with Crippen LogP contribution in [-0.2, 0) is 20.9 Å². The van der Waals surface area contributed by atoms with Crippen molar-refractivity contribution in [3.8, 4) is 0 Å². The van der Waals surface area contributed by atoms with Gasteiger partial charge in [-0.2, -0.15) is 0 Å². The van der Waals surface area contributed by atoms with Gasteiger partial charge >= 0.3 is 12.0 Å². The maximum atomic E-state index is 12.4. The molecule has 0 spiro atoms. The Morgan fingerprint density at radius 2 is 1.68 bits per heavy atom. The second kappa shape index (κ2) is 11.5. The molecule has 0 fully saturated rings. The summed E-state index contributed by atoms with van der Waals surface area (Å²) in [6.07, 6.45) is 0. The lowest BCUT2D eigenvalue weighted by molar-refractivity contribution is -0.151. The van der Waals surface area contributed by atoms with Gasteiger partial charge in [0.15, 0.2) is 6.61 Å². The maximum absolute atomic E-state index is 12.4. The van der Waals surface area contributed by atoms with E-state index in [1.807, 2.05) is 43.3 Å². The van der Waals surface area contributed by atoms with Crippen LogP contribution in [0, 0.1) is 12.8 Å². The van der Waals surface area contributed by atoms with E-state index in [1.54, 1.807) is 32.0 Å². The van der Waals surface area contributed by atoms with Crippen LogP contribution in [0.1, 0.15) is 35.3 Å². The van der Waals surface area contributed by atoms with E-state index in [4.69, 9.17) is 4.74 Å². The predicted molar refractivity (Wildman–Crippen MR) is 115 cm³/mol. The Morgan fingerprint density at radius 3 is 2.32 bits per heavy atom. The fraction of sp³-hybridized carbons (Fsp3) is 0.304. The van der Waals surface area contributed by atoms with Crippen molar-refractivity contribution >= 4 is 23.8 Å².